The zero-order valence-corrected chi connectivity index (χ0v) is 20.7. The Hall–Kier alpha value is -3.36. The van der Waals surface area contributed by atoms with Crippen molar-refractivity contribution in [2.45, 2.75) is 52.0 Å². The maximum atomic E-state index is 13.6. The third-order valence-electron chi connectivity index (χ3n) is 7.02. The molecule has 3 heterocycles. The summed E-state index contributed by atoms with van der Waals surface area (Å²) in [5, 5.41) is 6.61. The molecule has 0 saturated carbocycles. The van der Waals surface area contributed by atoms with Crippen molar-refractivity contribution in [3.8, 4) is 5.75 Å². The van der Waals surface area contributed by atoms with Crippen LogP contribution < -0.4 is 10.1 Å². The molecule has 9 nitrogen and oxygen atoms in total. The van der Waals surface area contributed by atoms with Crippen molar-refractivity contribution in [3.63, 3.8) is 0 Å². The zero-order valence-electron chi connectivity index (χ0n) is 20.7. The second-order valence-corrected chi connectivity index (χ2v) is 9.38. The van der Waals surface area contributed by atoms with E-state index < -0.39 is 5.92 Å². The molecule has 0 aliphatic carbocycles. The number of hydrogen-bond acceptors (Lipinski definition) is 6. The topological polar surface area (TPSA) is 105 Å². The van der Waals surface area contributed by atoms with Crippen LogP contribution in [0.3, 0.4) is 0 Å². The van der Waals surface area contributed by atoms with E-state index in [-0.39, 0.29) is 36.1 Å². The van der Waals surface area contributed by atoms with E-state index in [0.717, 1.165) is 24.2 Å². The Balaban J connectivity index is 1.43. The molecule has 188 valence electrons. The van der Waals surface area contributed by atoms with Crippen LogP contribution in [0.25, 0.3) is 0 Å². The molecule has 1 aromatic heterocycles. The first-order chi connectivity index (χ1) is 16.9. The van der Waals surface area contributed by atoms with Crippen molar-refractivity contribution in [2.75, 3.05) is 32.1 Å². The van der Waals surface area contributed by atoms with Crippen LogP contribution in [0.4, 0.5) is 5.82 Å². The van der Waals surface area contributed by atoms with Crippen molar-refractivity contribution in [1.82, 2.24) is 15.0 Å². The minimum Gasteiger partial charge on any atom is -0.497 e. The minimum absolute atomic E-state index is 0.0100. The largest absolute Gasteiger partial charge is 0.497 e. The van der Waals surface area contributed by atoms with Gasteiger partial charge in [-0.2, -0.15) is 0 Å². The van der Waals surface area contributed by atoms with Crippen LogP contribution in [0, 0.1) is 18.8 Å². The predicted octanol–water partition coefficient (Wildman–Crippen LogP) is 3.56. The number of hydrogen-bond donors (Lipinski definition) is 1. The SMILES string of the molecule is CCCCN1C(=O)CC(C(=O)N2CCC(C(=O)Nc3cc(C)on3)CC2)C1c1ccc(OC)cc1. The van der Waals surface area contributed by atoms with Gasteiger partial charge in [-0.25, -0.2) is 0 Å². The number of methoxy groups -OCH3 is 1. The summed E-state index contributed by atoms with van der Waals surface area (Å²) in [5.74, 6) is 1.05. The van der Waals surface area contributed by atoms with E-state index in [0.29, 0.717) is 44.1 Å². The lowest BCUT2D eigenvalue weighted by Crippen LogP contribution is -2.45. The van der Waals surface area contributed by atoms with Gasteiger partial charge < -0.3 is 24.4 Å². The van der Waals surface area contributed by atoms with Gasteiger partial charge in [0.05, 0.1) is 19.1 Å². The summed E-state index contributed by atoms with van der Waals surface area (Å²) >= 11 is 0. The number of anilines is 1. The number of aromatic nitrogens is 1. The van der Waals surface area contributed by atoms with Crippen LogP contribution >= 0.6 is 0 Å². The number of piperidine rings is 1. The fraction of sp³-hybridized carbons (Fsp3) is 0.538. The Kier molecular flexibility index (Phi) is 7.73. The molecule has 2 fully saturated rings. The van der Waals surface area contributed by atoms with Crippen molar-refractivity contribution >= 4 is 23.5 Å². The fourth-order valence-corrected chi connectivity index (χ4v) is 5.07. The van der Waals surface area contributed by atoms with Crippen molar-refractivity contribution in [1.29, 1.82) is 0 Å². The maximum Gasteiger partial charge on any atom is 0.228 e. The maximum absolute atomic E-state index is 13.6. The average molecular weight is 483 g/mol. The highest BCUT2D eigenvalue weighted by Crippen LogP contribution is 2.40. The molecule has 2 saturated heterocycles. The summed E-state index contributed by atoms with van der Waals surface area (Å²) in [7, 11) is 1.62. The third-order valence-corrected chi connectivity index (χ3v) is 7.02. The molecule has 4 rings (SSSR count). The number of benzene rings is 1. The first kappa shape index (κ1) is 24.8. The summed E-state index contributed by atoms with van der Waals surface area (Å²) in [6.45, 7) is 5.48. The van der Waals surface area contributed by atoms with Crippen LogP contribution in [0.5, 0.6) is 5.75 Å². The Morgan fingerprint density at radius 1 is 1.20 bits per heavy atom. The molecule has 2 aliphatic rings. The molecule has 2 aromatic rings. The molecule has 0 spiro atoms. The van der Waals surface area contributed by atoms with Crippen LogP contribution in [-0.2, 0) is 14.4 Å². The van der Waals surface area contributed by atoms with Crippen molar-refractivity contribution in [2.24, 2.45) is 11.8 Å². The second kappa shape index (κ2) is 10.9. The number of amides is 3. The highest BCUT2D eigenvalue weighted by molar-refractivity contribution is 5.92. The quantitative estimate of drug-likeness (QED) is 0.617. The van der Waals surface area contributed by atoms with E-state index in [1.807, 2.05) is 34.1 Å². The van der Waals surface area contributed by atoms with Gasteiger partial charge in [-0.05, 0) is 43.9 Å². The zero-order chi connectivity index (χ0) is 24.9. The summed E-state index contributed by atoms with van der Waals surface area (Å²) in [5.41, 5.74) is 0.947. The first-order valence-electron chi connectivity index (χ1n) is 12.4. The van der Waals surface area contributed by atoms with E-state index in [2.05, 4.69) is 17.4 Å². The number of likely N-dealkylation sites (tertiary alicyclic amines) is 2. The number of nitrogens with zero attached hydrogens (tertiary/aromatic N) is 3. The Bertz CT molecular complexity index is 1040. The van der Waals surface area contributed by atoms with Gasteiger partial charge in [0, 0.05) is 38.0 Å². The summed E-state index contributed by atoms with van der Waals surface area (Å²) in [6.07, 6.45) is 3.22. The number of unbranched alkanes of at least 4 members (excludes halogenated alkanes) is 1. The van der Waals surface area contributed by atoms with Gasteiger partial charge in [0.25, 0.3) is 0 Å². The predicted molar refractivity (Wildman–Crippen MR) is 130 cm³/mol. The van der Waals surface area contributed by atoms with Gasteiger partial charge in [-0.15, -0.1) is 0 Å². The lowest BCUT2D eigenvalue weighted by molar-refractivity contribution is -0.139. The lowest BCUT2D eigenvalue weighted by atomic mass is 9.90. The molecule has 2 atom stereocenters. The highest BCUT2D eigenvalue weighted by Gasteiger charge is 2.46. The van der Waals surface area contributed by atoms with E-state index >= 15 is 0 Å². The summed E-state index contributed by atoms with van der Waals surface area (Å²) in [4.78, 5) is 42.9. The number of nitrogens with one attached hydrogen (secondary N) is 1. The fourth-order valence-electron chi connectivity index (χ4n) is 5.07. The Labute approximate surface area is 205 Å². The molecular weight excluding hydrogens is 448 g/mol. The molecule has 2 unspecified atom stereocenters. The summed E-state index contributed by atoms with van der Waals surface area (Å²) < 4.78 is 10.3. The monoisotopic (exact) mass is 482 g/mol. The highest BCUT2D eigenvalue weighted by atomic mass is 16.5. The van der Waals surface area contributed by atoms with E-state index in [4.69, 9.17) is 9.26 Å². The van der Waals surface area contributed by atoms with Gasteiger partial charge in [0.2, 0.25) is 17.7 Å². The average Bonchev–Trinajstić information content (AvgIpc) is 3.44. The smallest absolute Gasteiger partial charge is 0.228 e. The first-order valence-corrected chi connectivity index (χ1v) is 12.4. The molecule has 1 aromatic carbocycles. The molecule has 35 heavy (non-hydrogen) atoms. The van der Waals surface area contributed by atoms with E-state index in [1.54, 1.807) is 20.1 Å². The Morgan fingerprint density at radius 2 is 1.91 bits per heavy atom. The van der Waals surface area contributed by atoms with Gasteiger partial charge in [-0.1, -0.05) is 30.6 Å². The van der Waals surface area contributed by atoms with E-state index in [1.165, 1.54) is 0 Å². The number of ether oxygens (including phenoxy) is 1. The normalized spacial score (nSPS) is 20.8. The number of carbonyl (C=O) groups excluding carboxylic acids is 3. The molecule has 2 aliphatic heterocycles. The van der Waals surface area contributed by atoms with Gasteiger partial charge >= 0.3 is 0 Å². The number of aryl methyl sites for hydroxylation is 1. The molecule has 0 bridgehead atoms. The molecule has 9 heteroatoms. The van der Waals surface area contributed by atoms with Gasteiger partial charge in [0.1, 0.15) is 11.5 Å². The molecule has 1 N–H and O–H groups in total. The van der Waals surface area contributed by atoms with E-state index in [9.17, 15) is 14.4 Å². The molecular formula is C26H34N4O5. The lowest BCUT2D eigenvalue weighted by Gasteiger charge is -2.35. The van der Waals surface area contributed by atoms with Gasteiger partial charge in [0.15, 0.2) is 5.82 Å². The number of rotatable bonds is 8. The third kappa shape index (κ3) is 5.49. The standard InChI is InChI=1S/C26H34N4O5/c1-4-5-12-30-23(31)16-21(24(30)18-6-8-20(34-3)9-7-18)26(33)29-13-10-19(11-14-29)25(32)27-22-15-17(2)35-28-22/h6-9,15,19,21,24H,4-5,10-14,16H2,1-3H3,(H,27,28,32). The second-order valence-electron chi connectivity index (χ2n) is 9.38. The van der Waals surface area contributed by atoms with Crippen LogP contribution in [-0.4, -0.2) is 59.4 Å². The minimum atomic E-state index is -0.434. The molecule has 0 radical (unpaired) electrons. The van der Waals surface area contributed by atoms with Crippen LogP contribution in [0.1, 0.15) is 56.4 Å². The van der Waals surface area contributed by atoms with Crippen LogP contribution in [0.2, 0.25) is 0 Å². The van der Waals surface area contributed by atoms with Crippen molar-refractivity contribution < 1.29 is 23.6 Å². The van der Waals surface area contributed by atoms with Crippen molar-refractivity contribution in [3.05, 3.63) is 41.7 Å². The van der Waals surface area contributed by atoms with Gasteiger partial charge in [-0.3, -0.25) is 14.4 Å². The number of carbonyl (C=O) groups is 3. The Morgan fingerprint density at radius 3 is 2.51 bits per heavy atom. The molecule has 3 amide bonds. The van der Waals surface area contributed by atoms with Crippen LogP contribution in [0.15, 0.2) is 34.9 Å². The summed E-state index contributed by atoms with van der Waals surface area (Å²) in [6, 6.07) is 9.03.